The molecule has 0 spiro atoms. The maximum atomic E-state index is 5.25. The first-order valence-electron chi connectivity index (χ1n) is 12.7. The van der Waals surface area contributed by atoms with Crippen LogP contribution < -0.4 is 0 Å². The minimum atomic E-state index is 0.698. The molecule has 0 aliphatic carbocycles. The molecule has 186 valence electrons. The number of aromatic nitrogens is 3. The van der Waals surface area contributed by atoms with Crippen LogP contribution in [0, 0.1) is 0 Å². The molecule has 0 saturated heterocycles. The van der Waals surface area contributed by atoms with Gasteiger partial charge in [-0.25, -0.2) is 9.97 Å². The molecule has 0 bridgehead atoms. The van der Waals surface area contributed by atoms with E-state index < -0.39 is 0 Å². The van der Waals surface area contributed by atoms with Crippen LogP contribution in [0.15, 0.2) is 136 Å². The van der Waals surface area contributed by atoms with Crippen LogP contribution in [0.1, 0.15) is 0 Å². The van der Waals surface area contributed by atoms with E-state index in [0.717, 1.165) is 64.5 Å². The predicted octanol–water partition coefficient (Wildman–Crippen LogP) is 10.1. The highest BCUT2D eigenvalue weighted by Crippen LogP contribution is 2.41. The summed E-state index contributed by atoms with van der Waals surface area (Å²) in [6.45, 7) is 0. The van der Waals surface area contributed by atoms with E-state index in [1.807, 2.05) is 30.3 Å². The van der Waals surface area contributed by atoms with Crippen molar-refractivity contribution < 1.29 is 0 Å². The summed E-state index contributed by atoms with van der Waals surface area (Å²) in [6, 6.07) is 43.9. The Morgan fingerprint density at radius 1 is 0.462 bits per heavy atom. The summed E-state index contributed by atoms with van der Waals surface area (Å²) in [4.78, 5) is 10.5. The molecule has 2 aromatic heterocycles. The van der Waals surface area contributed by atoms with Gasteiger partial charge in [-0.2, -0.15) is 0 Å². The van der Waals surface area contributed by atoms with E-state index >= 15 is 0 Å². The highest BCUT2D eigenvalue weighted by atomic mass is 79.9. The van der Waals surface area contributed by atoms with Crippen LogP contribution in [-0.4, -0.2) is 14.5 Å². The number of benzene rings is 5. The molecule has 39 heavy (non-hydrogen) atoms. The Bertz CT molecular complexity index is 1850. The van der Waals surface area contributed by atoms with Crippen molar-refractivity contribution >= 4 is 53.7 Å². The summed E-state index contributed by atoms with van der Waals surface area (Å²) < 4.78 is 4.40. The molecule has 0 fully saturated rings. The second-order valence-corrected chi connectivity index (χ2v) is 11.2. The molecule has 0 unspecified atom stereocenters. The van der Waals surface area contributed by atoms with Gasteiger partial charge in [-0.3, -0.25) is 0 Å². The SMILES string of the molecule is Brc1ccc2c(c1)c1cc(Br)ccc1n2-c1c(-c2ccccc2)nc(-c2ccccc2)nc1-c1ccccc1. The molecule has 0 amide bonds. The van der Waals surface area contributed by atoms with Gasteiger partial charge in [-0.15, -0.1) is 0 Å². The van der Waals surface area contributed by atoms with Gasteiger partial charge in [0.25, 0.3) is 0 Å². The van der Waals surface area contributed by atoms with Gasteiger partial charge in [0.05, 0.1) is 28.1 Å². The molecular weight excluding hydrogens is 610 g/mol. The number of hydrogen-bond acceptors (Lipinski definition) is 2. The summed E-state index contributed by atoms with van der Waals surface area (Å²) in [5.41, 5.74) is 7.96. The minimum Gasteiger partial charge on any atom is -0.305 e. The van der Waals surface area contributed by atoms with E-state index in [9.17, 15) is 0 Å². The van der Waals surface area contributed by atoms with E-state index in [2.05, 4.69) is 133 Å². The van der Waals surface area contributed by atoms with Crippen LogP contribution in [0.5, 0.6) is 0 Å². The number of hydrogen-bond donors (Lipinski definition) is 0. The molecule has 7 rings (SSSR count). The fourth-order valence-electron chi connectivity index (χ4n) is 5.19. The van der Waals surface area contributed by atoms with Crippen LogP contribution >= 0.6 is 31.9 Å². The molecule has 0 aliphatic rings. The Labute approximate surface area is 243 Å². The van der Waals surface area contributed by atoms with Gasteiger partial charge in [0.2, 0.25) is 0 Å². The Hall–Kier alpha value is -4.06. The summed E-state index contributed by atoms with van der Waals surface area (Å²) >= 11 is 7.39. The molecule has 7 aromatic rings. The number of fused-ring (bicyclic) bond motifs is 3. The van der Waals surface area contributed by atoms with Crippen LogP contribution in [0.4, 0.5) is 0 Å². The molecule has 5 heteroatoms. The molecule has 0 saturated carbocycles. The van der Waals surface area contributed by atoms with Crippen LogP contribution in [0.2, 0.25) is 0 Å². The van der Waals surface area contributed by atoms with Crippen molar-refractivity contribution in [1.82, 2.24) is 14.5 Å². The van der Waals surface area contributed by atoms with Gasteiger partial charge >= 0.3 is 0 Å². The molecule has 5 aromatic carbocycles. The normalized spacial score (nSPS) is 11.3. The highest BCUT2D eigenvalue weighted by Gasteiger charge is 2.23. The minimum absolute atomic E-state index is 0.698. The smallest absolute Gasteiger partial charge is 0.160 e. The Morgan fingerprint density at radius 3 is 1.31 bits per heavy atom. The third-order valence-electron chi connectivity index (χ3n) is 6.92. The van der Waals surface area contributed by atoms with Crippen molar-refractivity contribution in [2.24, 2.45) is 0 Å². The molecule has 0 radical (unpaired) electrons. The van der Waals surface area contributed by atoms with Gasteiger partial charge < -0.3 is 4.57 Å². The van der Waals surface area contributed by atoms with Gasteiger partial charge in [0, 0.05) is 36.4 Å². The largest absolute Gasteiger partial charge is 0.305 e. The zero-order chi connectivity index (χ0) is 26.3. The van der Waals surface area contributed by atoms with Gasteiger partial charge in [-0.1, -0.05) is 123 Å². The Morgan fingerprint density at radius 2 is 0.872 bits per heavy atom. The maximum absolute atomic E-state index is 5.25. The monoisotopic (exact) mass is 629 g/mol. The van der Waals surface area contributed by atoms with E-state index in [1.165, 1.54) is 0 Å². The van der Waals surface area contributed by atoms with Crippen molar-refractivity contribution in [1.29, 1.82) is 0 Å². The Kier molecular flexibility index (Phi) is 6.11. The van der Waals surface area contributed by atoms with Gasteiger partial charge in [0.15, 0.2) is 5.82 Å². The summed E-state index contributed by atoms with van der Waals surface area (Å²) in [5, 5.41) is 2.32. The van der Waals surface area contributed by atoms with Crippen molar-refractivity contribution in [3.05, 3.63) is 136 Å². The lowest BCUT2D eigenvalue weighted by Crippen LogP contribution is -2.06. The number of nitrogens with zero attached hydrogens (tertiary/aromatic N) is 3. The summed E-state index contributed by atoms with van der Waals surface area (Å²) in [6.07, 6.45) is 0. The molecule has 2 heterocycles. The number of halogens is 2. The Balaban J connectivity index is 1.68. The first kappa shape index (κ1) is 24.0. The van der Waals surface area contributed by atoms with Gasteiger partial charge in [0.1, 0.15) is 0 Å². The van der Waals surface area contributed by atoms with E-state index in [1.54, 1.807) is 0 Å². The molecule has 0 N–H and O–H groups in total. The van der Waals surface area contributed by atoms with Gasteiger partial charge in [-0.05, 0) is 36.4 Å². The van der Waals surface area contributed by atoms with Crippen LogP contribution in [-0.2, 0) is 0 Å². The third-order valence-corrected chi connectivity index (χ3v) is 7.91. The van der Waals surface area contributed by atoms with Crippen molar-refractivity contribution in [2.75, 3.05) is 0 Å². The zero-order valence-corrected chi connectivity index (χ0v) is 23.9. The predicted molar refractivity (Wildman–Crippen MR) is 168 cm³/mol. The van der Waals surface area contributed by atoms with Crippen molar-refractivity contribution in [2.45, 2.75) is 0 Å². The average Bonchev–Trinajstić information content (AvgIpc) is 3.30. The summed E-state index contributed by atoms with van der Waals surface area (Å²) in [7, 11) is 0. The standard InChI is InChI=1S/C34H21Br2N3/c35-25-16-18-29-27(20-25)28-21-26(36)17-19-30(28)39(29)33-31(22-10-4-1-5-11-22)37-34(24-14-8-3-9-15-24)38-32(33)23-12-6-2-7-13-23/h1-21H. The molecule has 3 nitrogen and oxygen atoms in total. The lowest BCUT2D eigenvalue weighted by Gasteiger charge is -2.19. The maximum Gasteiger partial charge on any atom is 0.160 e. The highest BCUT2D eigenvalue weighted by molar-refractivity contribution is 9.10. The first-order valence-corrected chi connectivity index (χ1v) is 14.2. The molecular formula is C34H21Br2N3. The fraction of sp³-hybridized carbons (Fsp3) is 0. The lowest BCUT2D eigenvalue weighted by molar-refractivity contribution is 1.09. The molecule has 0 atom stereocenters. The van der Waals surface area contributed by atoms with Crippen molar-refractivity contribution in [3.8, 4) is 39.6 Å². The van der Waals surface area contributed by atoms with E-state index in [-0.39, 0.29) is 0 Å². The van der Waals surface area contributed by atoms with Crippen LogP contribution in [0.3, 0.4) is 0 Å². The van der Waals surface area contributed by atoms with E-state index in [0.29, 0.717) is 5.82 Å². The second-order valence-electron chi connectivity index (χ2n) is 9.35. The van der Waals surface area contributed by atoms with Crippen molar-refractivity contribution in [3.63, 3.8) is 0 Å². The lowest BCUT2D eigenvalue weighted by atomic mass is 10.0. The topological polar surface area (TPSA) is 30.7 Å². The third kappa shape index (κ3) is 4.28. The summed E-state index contributed by atoms with van der Waals surface area (Å²) in [5.74, 6) is 0.698. The quantitative estimate of drug-likeness (QED) is 0.194. The first-order chi connectivity index (χ1) is 19.2. The zero-order valence-electron chi connectivity index (χ0n) is 20.7. The second kappa shape index (κ2) is 9.92. The van der Waals surface area contributed by atoms with E-state index in [4.69, 9.17) is 9.97 Å². The average molecular weight is 631 g/mol. The fourth-order valence-corrected chi connectivity index (χ4v) is 5.91. The number of rotatable bonds is 4. The van der Waals surface area contributed by atoms with Crippen LogP contribution in [0.25, 0.3) is 61.4 Å². The molecule has 0 aliphatic heterocycles.